The lowest BCUT2D eigenvalue weighted by molar-refractivity contribution is 0.161. The molecule has 130 valence electrons. The Morgan fingerprint density at radius 3 is 2.25 bits per heavy atom. The summed E-state index contributed by atoms with van der Waals surface area (Å²) in [4.78, 5) is 0. The van der Waals surface area contributed by atoms with Crippen LogP contribution in [0.5, 0.6) is 11.5 Å². The van der Waals surface area contributed by atoms with Gasteiger partial charge in [0.25, 0.3) is 0 Å². The fraction of sp³-hybridized carbons (Fsp3) is 0.333. The number of rotatable bonds is 7. The number of hydrogen-bond acceptors (Lipinski definition) is 4. The molecule has 2 N–H and O–H groups in total. The summed E-state index contributed by atoms with van der Waals surface area (Å²) in [6.07, 6.45) is -1.28. The van der Waals surface area contributed by atoms with Gasteiger partial charge in [-0.05, 0) is 36.8 Å². The summed E-state index contributed by atoms with van der Waals surface area (Å²) in [7, 11) is 3.10. The third-order valence-corrected chi connectivity index (χ3v) is 3.86. The first kappa shape index (κ1) is 18.2. The number of aliphatic hydroxyl groups is 1. The van der Waals surface area contributed by atoms with E-state index in [-0.39, 0.29) is 18.2 Å². The molecule has 2 atom stereocenters. The molecule has 0 bridgehead atoms. The number of methoxy groups -OCH3 is 2. The molecule has 4 nitrogen and oxygen atoms in total. The molecule has 2 rings (SSSR count). The highest BCUT2D eigenvalue weighted by atomic mass is 19.1. The first-order chi connectivity index (χ1) is 11.5. The third kappa shape index (κ3) is 4.01. The maximum absolute atomic E-state index is 13.7. The van der Waals surface area contributed by atoms with Gasteiger partial charge in [-0.3, -0.25) is 0 Å². The van der Waals surface area contributed by atoms with Crippen molar-refractivity contribution in [3.8, 4) is 11.5 Å². The average molecular weight is 337 g/mol. The molecule has 2 aromatic carbocycles. The Labute approximate surface area is 140 Å². The Hall–Kier alpha value is -2.18. The summed E-state index contributed by atoms with van der Waals surface area (Å²) in [6, 6.07) is 8.80. The first-order valence-corrected chi connectivity index (χ1v) is 7.55. The van der Waals surface area contributed by atoms with Crippen LogP contribution < -0.4 is 14.8 Å². The molecule has 24 heavy (non-hydrogen) atoms. The Morgan fingerprint density at radius 1 is 1.04 bits per heavy atom. The van der Waals surface area contributed by atoms with Crippen LogP contribution in [0.25, 0.3) is 0 Å². The van der Waals surface area contributed by atoms with Crippen LogP contribution in [0.2, 0.25) is 0 Å². The largest absolute Gasteiger partial charge is 0.493 e. The zero-order valence-corrected chi connectivity index (χ0v) is 13.8. The fourth-order valence-electron chi connectivity index (χ4n) is 2.46. The molecule has 2 unspecified atom stereocenters. The van der Waals surface area contributed by atoms with E-state index < -0.39 is 17.7 Å². The zero-order valence-electron chi connectivity index (χ0n) is 13.8. The van der Waals surface area contributed by atoms with Gasteiger partial charge in [-0.2, -0.15) is 0 Å². The van der Waals surface area contributed by atoms with Crippen molar-refractivity contribution in [2.24, 2.45) is 0 Å². The fourth-order valence-corrected chi connectivity index (χ4v) is 2.46. The number of aliphatic hydroxyl groups excluding tert-OH is 1. The van der Waals surface area contributed by atoms with Crippen LogP contribution in [0.3, 0.4) is 0 Å². The molecule has 0 amide bonds. The molecule has 6 heteroatoms. The smallest absolute Gasteiger partial charge is 0.161 e. The summed E-state index contributed by atoms with van der Waals surface area (Å²) < 4.78 is 37.8. The van der Waals surface area contributed by atoms with Gasteiger partial charge in [0.15, 0.2) is 11.5 Å². The predicted molar refractivity (Wildman–Crippen MR) is 87.3 cm³/mol. The normalized spacial score (nSPS) is 13.4. The van der Waals surface area contributed by atoms with Crippen LogP contribution in [0, 0.1) is 11.6 Å². The van der Waals surface area contributed by atoms with Crippen molar-refractivity contribution >= 4 is 0 Å². The van der Waals surface area contributed by atoms with Crippen molar-refractivity contribution in [1.29, 1.82) is 0 Å². The molecule has 0 aliphatic rings. The monoisotopic (exact) mass is 337 g/mol. The SMILES string of the molecule is COc1ccc(C(C)NCC(O)c2c(F)cccc2F)cc1OC. The van der Waals surface area contributed by atoms with Crippen molar-refractivity contribution in [2.45, 2.75) is 19.1 Å². The minimum absolute atomic E-state index is 0.00731. The summed E-state index contributed by atoms with van der Waals surface area (Å²) in [5.41, 5.74) is 0.568. The van der Waals surface area contributed by atoms with Crippen molar-refractivity contribution in [3.05, 3.63) is 59.2 Å². The molecule has 0 aliphatic carbocycles. The highest BCUT2D eigenvalue weighted by Crippen LogP contribution is 2.30. The Bertz CT molecular complexity index is 674. The molecule has 0 spiro atoms. The third-order valence-electron chi connectivity index (χ3n) is 3.86. The van der Waals surface area contributed by atoms with Crippen LogP contribution in [0.1, 0.15) is 30.2 Å². The van der Waals surface area contributed by atoms with E-state index in [9.17, 15) is 13.9 Å². The molecular weight excluding hydrogens is 316 g/mol. The Kier molecular flexibility index (Phi) is 6.11. The van der Waals surface area contributed by atoms with Gasteiger partial charge in [-0.25, -0.2) is 8.78 Å². The van der Waals surface area contributed by atoms with Crippen molar-refractivity contribution in [3.63, 3.8) is 0 Å². The van der Waals surface area contributed by atoms with Gasteiger partial charge in [0.1, 0.15) is 11.6 Å². The van der Waals surface area contributed by atoms with E-state index in [0.717, 1.165) is 17.7 Å². The molecule has 0 fully saturated rings. The van der Waals surface area contributed by atoms with Crippen LogP contribution in [0.4, 0.5) is 8.78 Å². The summed E-state index contributed by atoms with van der Waals surface area (Å²) in [5, 5.41) is 13.1. The lowest BCUT2D eigenvalue weighted by Gasteiger charge is -2.19. The van der Waals surface area contributed by atoms with Crippen LogP contribution in [-0.4, -0.2) is 25.9 Å². The number of nitrogens with one attached hydrogen (secondary N) is 1. The number of hydrogen-bond donors (Lipinski definition) is 2. The Morgan fingerprint density at radius 2 is 1.67 bits per heavy atom. The summed E-state index contributed by atoms with van der Waals surface area (Å²) >= 11 is 0. The van der Waals surface area contributed by atoms with Gasteiger partial charge in [-0.15, -0.1) is 0 Å². The molecular formula is C18H21F2NO3. The van der Waals surface area contributed by atoms with E-state index in [4.69, 9.17) is 9.47 Å². The van der Waals surface area contributed by atoms with Gasteiger partial charge in [0.2, 0.25) is 0 Å². The average Bonchev–Trinajstić information content (AvgIpc) is 2.58. The summed E-state index contributed by atoms with van der Waals surface area (Å²) in [6.45, 7) is 1.89. The predicted octanol–water partition coefficient (Wildman–Crippen LogP) is 3.37. The number of ether oxygens (including phenoxy) is 2. The lowest BCUT2D eigenvalue weighted by atomic mass is 10.1. The molecule has 0 aromatic heterocycles. The van der Waals surface area contributed by atoms with Crippen molar-refractivity contribution in [2.75, 3.05) is 20.8 Å². The second-order valence-electron chi connectivity index (χ2n) is 5.40. The van der Waals surface area contributed by atoms with E-state index >= 15 is 0 Å². The van der Waals surface area contributed by atoms with Gasteiger partial charge >= 0.3 is 0 Å². The molecule has 0 heterocycles. The highest BCUT2D eigenvalue weighted by molar-refractivity contribution is 5.43. The van der Waals surface area contributed by atoms with Crippen LogP contribution in [0.15, 0.2) is 36.4 Å². The summed E-state index contributed by atoms with van der Waals surface area (Å²) in [5.74, 6) is -0.322. The van der Waals surface area contributed by atoms with Gasteiger partial charge in [0.05, 0.1) is 25.9 Å². The topological polar surface area (TPSA) is 50.7 Å². The van der Waals surface area contributed by atoms with Crippen molar-refractivity contribution < 1.29 is 23.4 Å². The van der Waals surface area contributed by atoms with E-state index in [2.05, 4.69) is 5.32 Å². The van der Waals surface area contributed by atoms with Gasteiger partial charge < -0.3 is 19.9 Å². The number of halogens is 2. The number of benzene rings is 2. The standard InChI is InChI=1S/C18H21F2NO3/c1-11(12-7-8-16(23-2)17(9-12)24-3)21-10-15(22)18-13(19)5-4-6-14(18)20/h4-9,11,15,21-22H,10H2,1-3H3. The van der Waals surface area contributed by atoms with Crippen LogP contribution in [-0.2, 0) is 0 Å². The molecule has 0 aliphatic heterocycles. The minimum atomic E-state index is -1.28. The second kappa shape index (κ2) is 8.08. The van der Waals surface area contributed by atoms with Gasteiger partial charge in [0, 0.05) is 12.6 Å². The van der Waals surface area contributed by atoms with E-state index in [0.29, 0.717) is 11.5 Å². The maximum atomic E-state index is 13.7. The maximum Gasteiger partial charge on any atom is 0.161 e. The highest BCUT2D eigenvalue weighted by Gasteiger charge is 2.19. The van der Waals surface area contributed by atoms with Crippen LogP contribution >= 0.6 is 0 Å². The van der Waals surface area contributed by atoms with E-state index in [1.165, 1.54) is 6.07 Å². The van der Waals surface area contributed by atoms with Crippen molar-refractivity contribution in [1.82, 2.24) is 5.32 Å². The quantitative estimate of drug-likeness (QED) is 0.813. The second-order valence-corrected chi connectivity index (χ2v) is 5.40. The molecule has 0 saturated heterocycles. The Balaban J connectivity index is 2.06. The molecule has 0 radical (unpaired) electrons. The molecule has 0 saturated carbocycles. The zero-order chi connectivity index (χ0) is 17.7. The van der Waals surface area contributed by atoms with E-state index in [1.807, 2.05) is 19.1 Å². The first-order valence-electron chi connectivity index (χ1n) is 7.55. The minimum Gasteiger partial charge on any atom is -0.493 e. The lowest BCUT2D eigenvalue weighted by Crippen LogP contribution is -2.25. The van der Waals surface area contributed by atoms with E-state index in [1.54, 1.807) is 20.3 Å². The van der Waals surface area contributed by atoms with Gasteiger partial charge in [-0.1, -0.05) is 12.1 Å². The molecule has 2 aromatic rings.